The van der Waals surface area contributed by atoms with Gasteiger partial charge in [-0.05, 0) is 43.9 Å². The second-order valence-corrected chi connectivity index (χ2v) is 5.51. The largest absolute Gasteiger partial charge is 0.399 e. The third-order valence-corrected chi connectivity index (χ3v) is 3.94. The number of fused-ring (bicyclic) bond motifs is 1. The summed E-state index contributed by atoms with van der Waals surface area (Å²) in [6.45, 7) is 5.77. The maximum Gasteiger partial charge on any atom is 0.242 e. The molecule has 3 N–H and O–H groups in total. The molecule has 0 fully saturated rings. The highest BCUT2D eigenvalue weighted by Gasteiger charge is 2.25. The van der Waals surface area contributed by atoms with E-state index in [1.807, 2.05) is 19.1 Å². The van der Waals surface area contributed by atoms with Crippen LogP contribution >= 0.6 is 0 Å². The van der Waals surface area contributed by atoms with E-state index in [0.29, 0.717) is 0 Å². The molecular weight excluding hydrogens is 250 g/mol. The van der Waals surface area contributed by atoms with Crippen LogP contribution in [0.5, 0.6) is 0 Å². The Bertz CT molecular complexity index is 473. The van der Waals surface area contributed by atoms with E-state index in [0.717, 1.165) is 50.1 Å². The van der Waals surface area contributed by atoms with Crippen LogP contribution in [0, 0.1) is 0 Å². The van der Waals surface area contributed by atoms with Gasteiger partial charge >= 0.3 is 0 Å². The lowest BCUT2D eigenvalue weighted by molar-refractivity contribution is -0.122. The minimum atomic E-state index is -0.146. The summed E-state index contributed by atoms with van der Waals surface area (Å²) < 4.78 is 0. The van der Waals surface area contributed by atoms with E-state index in [2.05, 4.69) is 23.2 Å². The molecule has 0 saturated carbocycles. The van der Waals surface area contributed by atoms with Crippen molar-refractivity contribution >= 4 is 17.3 Å². The second-order valence-electron chi connectivity index (χ2n) is 5.51. The average molecular weight is 275 g/mol. The molecule has 1 aliphatic heterocycles. The lowest BCUT2D eigenvalue weighted by Gasteiger charge is -2.35. The fourth-order valence-corrected chi connectivity index (χ4v) is 2.70. The molecule has 1 heterocycles. The fraction of sp³-hybridized carbons (Fsp3) is 0.562. The van der Waals surface area contributed by atoms with Gasteiger partial charge in [0.25, 0.3) is 0 Å². The van der Waals surface area contributed by atoms with Crippen LogP contribution in [-0.4, -0.2) is 25.0 Å². The third-order valence-electron chi connectivity index (χ3n) is 3.94. The van der Waals surface area contributed by atoms with Crippen molar-refractivity contribution in [2.75, 3.05) is 23.7 Å². The first kappa shape index (κ1) is 14.7. The number of carbonyl (C=O) groups is 1. The van der Waals surface area contributed by atoms with Crippen molar-refractivity contribution in [2.24, 2.45) is 0 Å². The number of nitrogens with two attached hydrogens (primary N) is 1. The summed E-state index contributed by atoms with van der Waals surface area (Å²) >= 11 is 0. The smallest absolute Gasteiger partial charge is 0.242 e. The summed E-state index contributed by atoms with van der Waals surface area (Å²) in [6.07, 6.45) is 4.28. The lowest BCUT2D eigenvalue weighted by atomic mass is 9.99. The number of carbonyl (C=O) groups excluding carboxylic acids is 1. The molecule has 4 nitrogen and oxygen atoms in total. The molecule has 20 heavy (non-hydrogen) atoms. The van der Waals surface area contributed by atoms with Crippen LogP contribution in [-0.2, 0) is 11.2 Å². The summed E-state index contributed by atoms with van der Waals surface area (Å²) in [7, 11) is 0. The Morgan fingerprint density at radius 1 is 1.50 bits per heavy atom. The van der Waals surface area contributed by atoms with Crippen molar-refractivity contribution in [1.29, 1.82) is 0 Å². The van der Waals surface area contributed by atoms with Gasteiger partial charge < -0.3 is 16.0 Å². The number of amides is 1. The minimum Gasteiger partial charge on any atom is -0.399 e. The van der Waals surface area contributed by atoms with E-state index in [9.17, 15) is 4.79 Å². The van der Waals surface area contributed by atoms with Crippen molar-refractivity contribution in [2.45, 2.75) is 45.6 Å². The Kier molecular flexibility index (Phi) is 4.88. The van der Waals surface area contributed by atoms with E-state index in [1.165, 1.54) is 5.56 Å². The molecule has 0 aliphatic carbocycles. The van der Waals surface area contributed by atoms with Gasteiger partial charge in [-0.15, -0.1) is 0 Å². The van der Waals surface area contributed by atoms with Crippen LogP contribution in [0.15, 0.2) is 18.2 Å². The molecule has 0 bridgehead atoms. The fourth-order valence-electron chi connectivity index (χ4n) is 2.70. The summed E-state index contributed by atoms with van der Waals surface area (Å²) in [6, 6.07) is 5.87. The summed E-state index contributed by atoms with van der Waals surface area (Å²) in [5.41, 5.74) is 9.06. The molecule has 0 spiro atoms. The molecule has 1 unspecified atom stereocenters. The standard InChI is InChI=1S/C16H25N3O/c1-3-4-9-18-16(20)12(2)19-10-5-6-13-7-8-14(17)11-15(13)19/h7-8,11-12H,3-6,9-10,17H2,1-2H3,(H,18,20). The van der Waals surface area contributed by atoms with Crippen LogP contribution < -0.4 is 16.0 Å². The van der Waals surface area contributed by atoms with Gasteiger partial charge in [0.05, 0.1) is 0 Å². The summed E-state index contributed by atoms with van der Waals surface area (Å²) in [5.74, 6) is 0.105. The Morgan fingerprint density at radius 3 is 3.05 bits per heavy atom. The van der Waals surface area contributed by atoms with E-state index in [1.54, 1.807) is 0 Å². The van der Waals surface area contributed by atoms with Crippen molar-refractivity contribution in [3.8, 4) is 0 Å². The molecule has 1 aliphatic rings. The number of aryl methyl sites for hydroxylation is 1. The number of benzene rings is 1. The maximum atomic E-state index is 12.2. The quantitative estimate of drug-likeness (QED) is 0.640. The zero-order chi connectivity index (χ0) is 14.5. The van der Waals surface area contributed by atoms with Gasteiger partial charge in [0.1, 0.15) is 6.04 Å². The summed E-state index contributed by atoms with van der Waals surface area (Å²) in [4.78, 5) is 14.4. The highest BCUT2D eigenvalue weighted by atomic mass is 16.2. The van der Waals surface area contributed by atoms with Crippen molar-refractivity contribution < 1.29 is 4.79 Å². The average Bonchev–Trinajstić information content (AvgIpc) is 2.46. The van der Waals surface area contributed by atoms with E-state index >= 15 is 0 Å². The molecule has 1 atom stereocenters. The van der Waals surface area contributed by atoms with Crippen LogP contribution in [0.4, 0.5) is 11.4 Å². The van der Waals surface area contributed by atoms with Crippen molar-refractivity contribution in [1.82, 2.24) is 5.32 Å². The highest BCUT2D eigenvalue weighted by molar-refractivity contribution is 5.85. The molecule has 0 saturated heterocycles. The number of hydrogen-bond donors (Lipinski definition) is 2. The van der Waals surface area contributed by atoms with Gasteiger partial charge in [-0.25, -0.2) is 0 Å². The zero-order valence-corrected chi connectivity index (χ0v) is 12.5. The highest BCUT2D eigenvalue weighted by Crippen LogP contribution is 2.30. The van der Waals surface area contributed by atoms with Crippen LogP contribution in [0.2, 0.25) is 0 Å². The topological polar surface area (TPSA) is 58.4 Å². The predicted octanol–water partition coefficient (Wildman–Crippen LogP) is 2.33. The zero-order valence-electron chi connectivity index (χ0n) is 12.5. The van der Waals surface area contributed by atoms with Crippen LogP contribution in [0.3, 0.4) is 0 Å². The minimum absolute atomic E-state index is 0.105. The molecule has 1 amide bonds. The number of nitrogen functional groups attached to an aromatic ring is 1. The molecule has 4 heteroatoms. The molecule has 1 aromatic carbocycles. The third kappa shape index (κ3) is 3.24. The van der Waals surface area contributed by atoms with Crippen molar-refractivity contribution in [3.05, 3.63) is 23.8 Å². The number of nitrogens with one attached hydrogen (secondary N) is 1. The van der Waals surface area contributed by atoms with Crippen LogP contribution in [0.25, 0.3) is 0 Å². The molecule has 110 valence electrons. The number of unbranched alkanes of at least 4 members (excludes halogenated alkanes) is 1. The molecule has 1 aromatic rings. The summed E-state index contributed by atoms with van der Waals surface area (Å²) in [5, 5.41) is 3.01. The molecular formula is C16H25N3O. The van der Waals surface area contributed by atoms with Gasteiger partial charge in [0.2, 0.25) is 5.91 Å². The maximum absolute atomic E-state index is 12.2. The number of hydrogen-bond acceptors (Lipinski definition) is 3. The first-order valence-electron chi connectivity index (χ1n) is 7.56. The Balaban J connectivity index is 2.10. The second kappa shape index (κ2) is 6.64. The first-order valence-corrected chi connectivity index (χ1v) is 7.56. The normalized spacial score (nSPS) is 15.6. The number of nitrogens with zero attached hydrogens (tertiary/aromatic N) is 1. The Morgan fingerprint density at radius 2 is 2.30 bits per heavy atom. The van der Waals surface area contributed by atoms with E-state index < -0.39 is 0 Å². The molecule has 0 radical (unpaired) electrons. The van der Waals surface area contributed by atoms with Crippen molar-refractivity contribution in [3.63, 3.8) is 0 Å². The van der Waals surface area contributed by atoms with Gasteiger partial charge in [-0.2, -0.15) is 0 Å². The van der Waals surface area contributed by atoms with Gasteiger partial charge in [-0.1, -0.05) is 19.4 Å². The monoisotopic (exact) mass is 275 g/mol. The lowest BCUT2D eigenvalue weighted by Crippen LogP contribution is -2.47. The van der Waals surface area contributed by atoms with E-state index in [4.69, 9.17) is 5.73 Å². The predicted molar refractivity (Wildman–Crippen MR) is 83.9 cm³/mol. The Hall–Kier alpha value is -1.71. The number of rotatable bonds is 5. The first-order chi connectivity index (χ1) is 9.63. The van der Waals surface area contributed by atoms with Gasteiger partial charge in [0, 0.05) is 24.5 Å². The number of anilines is 2. The van der Waals surface area contributed by atoms with Gasteiger partial charge in [-0.3, -0.25) is 4.79 Å². The molecule has 0 aromatic heterocycles. The molecule has 2 rings (SSSR count). The SMILES string of the molecule is CCCCNC(=O)C(C)N1CCCc2ccc(N)cc21. The van der Waals surface area contributed by atoms with Gasteiger partial charge in [0.15, 0.2) is 0 Å². The Labute approximate surface area is 121 Å². The van der Waals surface area contributed by atoms with E-state index in [-0.39, 0.29) is 11.9 Å². The van der Waals surface area contributed by atoms with Crippen LogP contribution in [0.1, 0.15) is 38.7 Å².